The molecule has 1 fully saturated rings. The fourth-order valence-electron chi connectivity index (χ4n) is 5.65. The smallest absolute Gasteiger partial charge is 0.419 e. The average Bonchev–Trinajstić information content (AvgIpc) is 3.46. The molecule has 0 aromatic heterocycles. The molecule has 1 heterocycles. The Balaban J connectivity index is 1.63. The van der Waals surface area contributed by atoms with Crippen LogP contribution in [0.25, 0.3) is 11.1 Å². The summed E-state index contributed by atoms with van der Waals surface area (Å²) in [6, 6.07) is 11.5. The fraction of sp³-hybridized carbons (Fsp3) is 0.333. The summed E-state index contributed by atoms with van der Waals surface area (Å²) in [6.45, 7) is 1.77. The number of carbonyl (C=O) groups is 2. The van der Waals surface area contributed by atoms with Crippen LogP contribution in [-0.4, -0.2) is 25.0 Å². The second kappa shape index (κ2) is 12.6. The third-order valence-electron chi connectivity index (χ3n) is 7.66. The average molecular weight is 600 g/mol. The number of ether oxygens (including phenoxy) is 2. The van der Waals surface area contributed by atoms with Crippen molar-refractivity contribution < 1.29 is 41.0 Å². The van der Waals surface area contributed by atoms with Crippen LogP contribution >= 0.6 is 0 Å². The van der Waals surface area contributed by atoms with Crippen LogP contribution in [0.1, 0.15) is 78.1 Å². The molecule has 1 aliphatic heterocycles. The third-order valence-corrected chi connectivity index (χ3v) is 7.66. The first-order valence-corrected chi connectivity index (χ1v) is 14.2. The summed E-state index contributed by atoms with van der Waals surface area (Å²) in [5.41, 5.74) is 1.75. The SMILES string of the molecule is CCOC(=O)c1cc(C2=C(c3cccc(C(F)(F)F)c3OCc3ccc(F)cc3F)CCC2)cc(N2CCCCC2=O)c1. The van der Waals surface area contributed by atoms with E-state index in [2.05, 4.69) is 0 Å². The Morgan fingerprint density at radius 1 is 0.930 bits per heavy atom. The molecule has 3 aromatic rings. The number of hydrogen-bond acceptors (Lipinski definition) is 4. The highest BCUT2D eigenvalue weighted by molar-refractivity contribution is 6.00. The van der Waals surface area contributed by atoms with E-state index < -0.39 is 41.7 Å². The van der Waals surface area contributed by atoms with Gasteiger partial charge >= 0.3 is 12.1 Å². The van der Waals surface area contributed by atoms with Crippen LogP contribution in [0.4, 0.5) is 27.6 Å². The number of benzene rings is 3. The number of amides is 1. The number of hydrogen-bond donors (Lipinski definition) is 0. The van der Waals surface area contributed by atoms with Crippen LogP contribution < -0.4 is 9.64 Å². The first-order valence-electron chi connectivity index (χ1n) is 14.2. The molecule has 3 aromatic carbocycles. The molecule has 10 heteroatoms. The number of alkyl halides is 3. The Morgan fingerprint density at radius 3 is 2.44 bits per heavy atom. The molecular weight excluding hydrogens is 569 g/mol. The van der Waals surface area contributed by atoms with Gasteiger partial charge in [0.05, 0.1) is 17.7 Å². The number of halogens is 5. The molecule has 0 saturated carbocycles. The maximum absolute atomic E-state index is 14.3. The van der Waals surface area contributed by atoms with Crippen molar-refractivity contribution in [3.05, 3.63) is 94.0 Å². The Morgan fingerprint density at radius 2 is 1.72 bits per heavy atom. The van der Waals surface area contributed by atoms with E-state index in [9.17, 15) is 31.5 Å². The molecule has 0 N–H and O–H groups in total. The highest BCUT2D eigenvalue weighted by Gasteiger charge is 2.37. The monoisotopic (exact) mass is 599 g/mol. The van der Waals surface area contributed by atoms with Gasteiger partial charge in [-0.2, -0.15) is 13.2 Å². The number of nitrogens with zero attached hydrogens (tertiary/aromatic N) is 1. The number of allylic oxidation sites excluding steroid dienone is 2. The molecule has 43 heavy (non-hydrogen) atoms. The molecule has 1 amide bonds. The number of rotatable bonds is 8. The molecule has 226 valence electrons. The largest absolute Gasteiger partial charge is 0.488 e. The standard InChI is InChI=1S/C33H30F5NO4/c1-2-42-32(41)22-15-21(16-24(17-22)39-14-4-3-11-30(39)40)25-7-5-8-26(25)27-9-6-10-28(33(36,37)38)31(27)43-19-20-12-13-23(34)18-29(20)35/h6,9-10,12-13,15-18H,2-5,7-8,11,14,19H2,1H3. The molecule has 5 rings (SSSR count). The van der Waals surface area contributed by atoms with E-state index in [0.717, 1.165) is 31.0 Å². The van der Waals surface area contributed by atoms with Gasteiger partial charge in [0.15, 0.2) is 0 Å². The van der Waals surface area contributed by atoms with Gasteiger partial charge in [0.2, 0.25) is 5.91 Å². The Hall–Kier alpha value is -4.21. The normalized spacial score (nSPS) is 15.7. The van der Waals surface area contributed by atoms with Gasteiger partial charge in [-0.1, -0.05) is 12.1 Å². The molecule has 0 unspecified atom stereocenters. The van der Waals surface area contributed by atoms with Crippen molar-refractivity contribution in [2.24, 2.45) is 0 Å². The van der Waals surface area contributed by atoms with E-state index in [1.54, 1.807) is 30.0 Å². The number of piperidine rings is 1. The summed E-state index contributed by atoms with van der Waals surface area (Å²) in [7, 11) is 0. The van der Waals surface area contributed by atoms with Gasteiger partial charge < -0.3 is 14.4 Å². The van der Waals surface area contributed by atoms with Gasteiger partial charge in [-0.3, -0.25) is 4.79 Å². The van der Waals surface area contributed by atoms with Gasteiger partial charge in [-0.05, 0) is 92.1 Å². The van der Waals surface area contributed by atoms with Gasteiger partial charge in [0.25, 0.3) is 0 Å². The molecular formula is C33H30F5NO4. The number of carbonyl (C=O) groups excluding carboxylic acids is 2. The van der Waals surface area contributed by atoms with Crippen molar-refractivity contribution in [2.75, 3.05) is 18.1 Å². The summed E-state index contributed by atoms with van der Waals surface area (Å²) in [6.07, 6.45) is -1.23. The summed E-state index contributed by atoms with van der Waals surface area (Å²) in [5.74, 6) is -2.84. The molecule has 1 saturated heterocycles. The van der Waals surface area contributed by atoms with Gasteiger partial charge in [-0.15, -0.1) is 0 Å². The maximum Gasteiger partial charge on any atom is 0.419 e. The summed E-state index contributed by atoms with van der Waals surface area (Å²) in [5, 5.41) is 0. The van der Waals surface area contributed by atoms with E-state index in [1.807, 2.05) is 0 Å². The molecule has 1 aliphatic carbocycles. The van der Waals surface area contributed by atoms with Crippen LogP contribution in [0.15, 0.2) is 54.6 Å². The molecule has 0 atom stereocenters. The minimum Gasteiger partial charge on any atom is -0.488 e. The van der Waals surface area contributed by atoms with Crippen molar-refractivity contribution in [1.82, 2.24) is 0 Å². The van der Waals surface area contributed by atoms with E-state index in [4.69, 9.17) is 9.47 Å². The number of anilines is 1. The highest BCUT2D eigenvalue weighted by atomic mass is 19.4. The molecule has 2 aliphatic rings. The lowest BCUT2D eigenvalue weighted by molar-refractivity contribution is -0.139. The van der Waals surface area contributed by atoms with Crippen molar-refractivity contribution in [3.63, 3.8) is 0 Å². The zero-order chi connectivity index (χ0) is 30.7. The van der Waals surface area contributed by atoms with Crippen LogP contribution in [-0.2, 0) is 22.3 Å². The topological polar surface area (TPSA) is 55.8 Å². The van der Waals surface area contributed by atoms with Crippen LogP contribution in [0.5, 0.6) is 5.75 Å². The molecule has 5 nitrogen and oxygen atoms in total. The lowest BCUT2D eigenvalue weighted by Gasteiger charge is -2.28. The van der Waals surface area contributed by atoms with Crippen molar-refractivity contribution >= 4 is 28.7 Å². The van der Waals surface area contributed by atoms with Gasteiger partial charge in [0.1, 0.15) is 24.0 Å². The van der Waals surface area contributed by atoms with Crippen LogP contribution in [0.3, 0.4) is 0 Å². The highest BCUT2D eigenvalue weighted by Crippen LogP contribution is 2.47. The van der Waals surface area contributed by atoms with Crippen LogP contribution in [0, 0.1) is 11.6 Å². The number of esters is 1. The van der Waals surface area contributed by atoms with Crippen molar-refractivity contribution in [2.45, 2.75) is 58.2 Å². The first-order chi connectivity index (χ1) is 20.6. The van der Waals surface area contributed by atoms with Crippen molar-refractivity contribution in [3.8, 4) is 5.75 Å². The number of para-hydroxylation sites is 1. The second-order valence-electron chi connectivity index (χ2n) is 10.5. The quantitative estimate of drug-likeness (QED) is 0.193. The third kappa shape index (κ3) is 6.58. The van der Waals surface area contributed by atoms with E-state index >= 15 is 0 Å². The second-order valence-corrected chi connectivity index (χ2v) is 10.5. The summed E-state index contributed by atoms with van der Waals surface area (Å²) < 4.78 is 81.2. The van der Waals surface area contributed by atoms with E-state index in [1.165, 1.54) is 12.1 Å². The summed E-state index contributed by atoms with van der Waals surface area (Å²) in [4.78, 5) is 27.2. The zero-order valence-electron chi connectivity index (χ0n) is 23.5. The zero-order valence-corrected chi connectivity index (χ0v) is 23.5. The van der Waals surface area contributed by atoms with Gasteiger partial charge in [-0.25, -0.2) is 13.6 Å². The minimum atomic E-state index is -4.77. The lowest BCUT2D eigenvalue weighted by atomic mass is 9.93. The molecule has 0 spiro atoms. The predicted octanol–water partition coefficient (Wildman–Crippen LogP) is 8.35. The predicted molar refractivity (Wildman–Crippen MR) is 151 cm³/mol. The Kier molecular flexibility index (Phi) is 8.84. The fourth-order valence-corrected chi connectivity index (χ4v) is 5.65. The first kappa shape index (κ1) is 30.3. The van der Waals surface area contributed by atoms with Crippen LogP contribution in [0.2, 0.25) is 0 Å². The molecule has 0 bridgehead atoms. The summed E-state index contributed by atoms with van der Waals surface area (Å²) >= 11 is 0. The Labute approximate surface area is 245 Å². The molecule has 0 radical (unpaired) electrons. The lowest BCUT2D eigenvalue weighted by Crippen LogP contribution is -2.35. The van der Waals surface area contributed by atoms with E-state index in [-0.39, 0.29) is 29.2 Å². The Bertz CT molecular complexity index is 1580. The van der Waals surface area contributed by atoms with E-state index in [0.29, 0.717) is 60.7 Å². The van der Waals surface area contributed by atoms with Crippen molar-refractivity contribution in [1.29, 1.82) is 0 Å². The van der Waals surface area contributed by atoms with Gasteiger partial charge in [0, 0.05) is 35.8 Å². The maximum atomic E-state index is 14.3. The minimum absolute atomic E-state index is 0.0691.